The Kier molecular flexibility index (Phi) is 15.0. The van der Waals surface area contributed by atoms with Crippen molar-refractivity contribution < 1.29 is 19.8 Å². The van der Waals surface area contributed by atoms with Crippen LogP contribution in [0.15, 0.2) is 9.98 Å². The molecule has 0 saturated carbocycles. The second-order valence-corrected chi connectivity index (χ2v) is 13.8. The highest BCUT2D eigenvalue weighted by Gasteiger charge is 2.29. The van der Waals surface area contributed by atoms with E-state index in [1.54, 1.807) is 0 Å². The minimum Gasteiger partial charge on any atom is -0.473 e. The Morgan fingerprint density at radius 1 is 0.816 bits per heavy atom. The molecular formula is C22H42N8O4S4. The van der Waals surface area contributed by atoms with Crippen LogP contribution in [0.25, 0.3) is 0 Å². The van der Waals surface area contributed by atoms with Crippen LogP contribution in [0.4, 0.5) is 0 Å². The van der Waals surface area contributed by atoms with Crippen molar-refractivity contribution in [3.05, 3.63) is 0 Å². The molecular weight excluding hydrogens is 569 g/mol. The number of hydrogen-bond donors (Lipinski definition) is 4. The molecule has 2 fully saturated rings. The molecule has 4 aliphatic heterocycles. The van der Waals surface area contributed by atoms with Crippen molar-refractivity contribution in [2.45, 2.75) is 49.8 Å². The molecule has 4 heterocycles. The van der Waals surface area contributed by atoms with E-state index in [1.165, 1.54) is 23.2 Å². The Labute approximate surface area is 242 Å². The monoisotopic (exact) mass is 610 g/mol. The largest absolute Gasteiger partial charge is 0.473 e. The summed E-state index contributed by atoms with van der Waals surface area (Å²) in [6.07, 6.45) is 2.39. The van der Waals surface area contributed by atoms with E-state index in [0.29, 0.717) is 12.1 Å². The second-order valence-electron chi connectivity index (χ2n) is 9.38. The number of rotatable bonds is 4. The second kappa shape index (κ2) is 17.0. The van der Waals surface area contributed by atoms with Crippen LogP contribution >= 0.6 is 43.2 Å². The molecule has 4 unspecified atom stereocenters. The van der Waals surface area contributed by atoms with Gasteiger partial charge >= 0.3 is 11.9 Å². The molecule has 218 valence electrons. The molecule has 0 aromatic rings. The fraction of sp³-hybridized carbons (Fsp3) is 0.818. The van der Waals surface area contributed by atoms with Crippen molar-refractivity contribution in [2.24, 2.45) is 9.98 Å². The van der Waals surface area contributed by atoms with Crippen LogP contribution in [0.2, 0.25) is 0 Å². The van der Waals surface area contributed by atoms with Gasteiger partial charge in [-0.3, -0.25) is 9.80 Å². The summed E-state index contributed by atoms with van der Waals surface area (Å²) in [6.45, 7) is 11.0. The summed E-state index contributed by atoms with van der Waals surface area (Å²) < 4.78 is 0. The number of hydrogen-bond acceptors (Lipinski definition) is 14. The lowest BCUT2D eigenvalue weighted by molar-refractivity contribution is -0.159. The van der Waals surface area contributed by atoms with Crippen LogP contribution in [0.3, 0.4) is 0 Å². The van der Waals surface area contributed by atoms with E-state index in [0.717, 1.165) is 39.3 Å². The van der Waals surface area contributed by atoms with Crippen LogP contribution in [0.1, 0.15) is 26.7 Å². The van der Waals surface area contributed by atoms with Crippen LogP contribution in [0.5, 0.6) is 0 Å². The lowest BCUT2D eigenvalue weighted by Gasteiger charge is -2.33. The molecule has 0 aliphatic carbocycles. The number of carbonyl (C=O) groups is 2. The number of amidine groups is 2. The average Bonchev–Trinajstić information content (AvgIpc) is 3.60. The van der Waals surface area contributed by atoms with Gasteiger partial charge in [0.15, 0.2) is 21.3 Å². The minimum absolute atomic E-state index is 0.287. The van der Waals surface area contributed by atoms with Crippen LogP contribution < -0.4 is 10.6 Å². The number of carboxylic acid groups (broad SMARTS) is 2. The lowest BCUT2D eigenvalue weighted by atomic mass is 10.2. The Bertz CT molecular complexity index is 769. The third-order valence-corrected chi connectivity index (χ3v) is 11.1. The summed E-state index contributed by atoms with van der Waals surface area (Å²) in [5.41, 5.74) is 0.574. The molecule has 0 bridgehead atoms. The van der Waals surface area contributed by atoms with E-state index in [1.807, 2.05) is 43.2 Å². The van der Waals surface area contributed by atoms with Gasteiger partial charge in [-0.1, -0.05) is 13.8 Å². The van der Waals surface area contributed by atoms with Crippen LogP contribution in [-0.4, -0.2) is 143 Å². The summed E-state index contributed by atoms with van der Waals surface area (Å²) in [6, 6.07) is 1.25. The summed E-state index contributed by atoms with van der Waals surface area (Å²) >= 11 is 0. The maximum absolute atomic E-state index is 9.10. The highest BCUT2D eigenvalue weighted by atomic mass is 33.1. The summed E-state index contributed by atoms with van der Waals surface area (Å²) in [4.78, 5) is 36.9. The maximum atomic E-state index is 9.10. The molecule has 4 N–H and O–H groups in total. The van der Waals surface area contributed by atoms with E-state index in [2.05, 4.69) is 72.3 Å². The highest BCUT2D eigenvalue weighted by molar-refractivity contribution is 8.83. The first-order chi connectivity index (χ1) is 18.0. The Morgan fingerprint density at radius 2 is 1.18 bits per heavy atom. The third kappa shape index (κ3) is 10.9. The fourth-order valence-corrected chi connectivity index (χ4v) is 8.81. The van der Waals surface area contributed by atoms with E-state index in [9.17, 15) is 0 Å². The van der Waals surface area contributed by atoms with E-state index >= 15 is 0 Å². The van der Waals surface area contributed by atoms with Gasteiger partial charge in [0.05, 0.1) is 0 Å². The molecule has 12 nitrogen and oxygen atoms in total. The molecule has 0 spiro atoms. The van der Waals surface area contributed by atoms with Crippen molar-refractivity contribution in [3.8, 4) is 0 Å². The van der Waals surface area contributed by atoms with Gasteiger partial charge < -0.3 is 30.6 Å². The van der Waals surface area contributed by atoms with Gasteiger partial charge in [-0.25, -0.2) is 19.6 Å². The third-order valence-electron chi connectivity index (χ3n) is 5.96. The van der Waals surface area contributed by atoms with Gasteiger partial charge in [-0.2, -0.15) is 0 Å². The SMILES string of the molecule is CCC1CN(C2=NC(N(C)C)SS2)CCN1.CCC1CN(C2=NC(N(C)C)SS2)CCN1.O=C(O)C(=O)O. The first-order valence-electron chi connectivity index (χ1n) is 12.6. The summed E-state index contributed by atoms with van der Waals surface area (Å²) in [7, 11) is 15.6. The Hall–Kier alpha value is -0.880. The molecule has 4 rings (SSSR count). The zero-order valence-corrected chi connectivity index (χ0v) is 26.3. The van der Waals surface area contributed by atoms with Crippen molar-refractivity contribution in [3.63, 3.8) is 0 Å². The molecule has 2 saturated heterocycles. The predicted octanol–water partition coefficient (Wildman–Crippen LogP) is 1.69. The topological polar surface area (TPSA) is 136 Å². The minimum atomic E-state index is -1.82. The zero-order valence-electron chi connectivity index (χ0n) is 23.0. The average molecular weight is 611 g/mol. The van der Waals surface area contributed by atoms with Gasteiger partial charge in [0.2, 0.25) is 0 Å². The zero-order chi connectivity index (χ0) is 28.2. The van der Waals surface area contributed by atoms with E-state index < -0.39 is 11.9 Å². The summed E-state index contributed by atoms with van der Waals surface area (Å²) in [5, 5.41) is 24.3. The number of aliphatic carboxylic acids is 2. The number of carboxylic acids is 2. The molecule has 16 heteroatoms. The van der Waals surface area contributed by atoms with E-state index in [4.69, 9.17) is 29.8 Å². The van der Waals surface area contributed by atoms with Gasteiger partial charge in [-0.15, -0.1) is 0 Å². The first kappa shape index (κ1) is 33.3. The fourth-order valence-electron chi connectivity index (χ4n) is 3.66. The molecule has 0 aromatic heterocycles. The standard InChI is InChI=1S/2C10H20N4S2.C2H2O4/c2*1-4-8-7-14(6-5-11-8)10-12-9(13(2)3)15-16-10;3-1(4)2(5)6/h2*8-9,11H,4-7H2,1-3H3;(H,3,4)(H,5,6). The lowest BCUT2D eigenvalue weighted by Crippen LogP contribution is -2.51. The van der Waals surface area contributed by atoms with Crippen LogP contribution in [-0.2, 0) is 9.59 Å². The van der Waals surface area contributed by atoms with Crippen molar-refractivity contribution >= 4 is 65.4 Å². The molecule has 0 radical (unpaired) electrons. The van der Waals surface area contributed by atoms with Gasteiger partial charge in [-0.05, 0) is 84.2 Å². The van der Waals surface area contributed by atoms with Crippen molar-refractivity contribution in [2.75, 3.05) is 67.5 Å². The number of nitrogens with zero attached hydrogens (tertiary/aromatic N) is 6. The maximum Gasteiger partial charge on any atom is 0.414 e. The normalized spacial score (nSPS) is 27.3. The van der Waals surface area contributed by atoms with Crippen molar-refractivity contribution in [1.82, 2.24) is 30.2 Å². The molecule has 38 heavy (non-hydrogen) atoms. The molecule has 0 aromatic carbocycles. The molecule has 4 atom stereocenters. The number of piperazine rings is 2. The van der Waals surface area contributed by atoms with E-state index in [-0.39, 0.29) is 11.0 Å². The smallest absolute Gasteiger partial charge is 0.414 e. The van der Waals surface area contributed by atoms with Gasteiger partial charge in [0.25, 0.3) is 0 Å². The predicted molar refractivity (Wildman–Crippen MR) is 163 cm³/mol. The first-order valence-corrected chi connectivity index (χ1v) is 17.1. The Balaban J connectivity index is 0.000000221. The summed E-state index contributed by atoms with van der Waals surface area (Å²) in [5.74, 6) is -3.65. The van der Waals surface area contributed by atoms with Crippen molar-refractivity contribution in [1.29, 1.82) is 0 Å². The molecule has 4 aliphatic rings. The van der Waals surface area contributed by atoms with Gasteiger partial charge in [0, 0.05) is 51.4 Å². The quantitative estimate of drug-likeness (QED) is 0.271. The van der Waals surface area contributed by atoms with Crippen LogP contribution in [0, 0.1) is 0 Å². The Morgan fingerprint density at radius 3 is 1.45 bits per heavy atom. The number of aliphatic imine (C=N–C) groups is 2. The molecule has 0 amide bonds. The highest BCUT2D eigenvalue weighted by Crippen LogP contribution is 2.39. The number of nitrogens with one attached hydrogen (secondary N) is 2. The van der Waals surface area contributed by atoms with Gasteiger partial charge in [0.1, 0.15) is 0 Å².